The molecule has 1 aromatic carbocycles. The summed E-state index contributed by atoms with van der Waals surface area (Å²) >= 11 is 0. The molecule has 1 N–H and O–H groups in total. The Labute approximate surface area is 188 Å². The van der Waals surface area contributed by atoms with E-state index >= 15 is 0 Å². The number of fused-ring (bicyclic) bond motifs is 1. The van der Waals surface area contributed by atoms with Gasteiger partial charge in [-0.05, 0) is 62.1 Å². The van der Waals surface area contributed by atoms with Crippen LogP contribution in [0, 0.1) is 13.8 Å². The molecule has 0 unspecified atom stereocenters. The summed E-state index contributed by atoms with van der Waals surface area (Å²) in [5, 5.41) is 2.67. The lowest BCUT2D eigenvalue weighted by Crippen LogP contribution is -2.44. The van der Waals surface area contributed by atoms with Gasteiger partial charge >= 0.3 is 0 Å². The highest BCUT2D eigenvalue weighted by Gasteiger charge is 2.24. The second-order valence-corrected chi connectivity index (χ2v) is 8.44. The van der Waals surface area contributed by atoms with E-state index in [4.69, 9.17) is 9.72 Å². The Balaban J connectivity index is 1.68. The molecule has 3 aromatic rings. The number of carbonyl (C=O) groups is 2. The number of nitrogens with one attached hydrogen (secondary N) is 1. The lowest BCUT2D eigenvalue weighted by Gasteiger charge is -2.32. The maximum atomic E-state index is 12.0. The van der Waals surface area contributed by atoms with Gasteiger partial charge in [0.25, 0.3) is 5.91 Å². The lowest BCUT2D eigenvalue weighted by molar-refractivity contribution is -0.136. The Morgan fingerprint density at radius 2 is 2.03 bits per heavy atom. The maximum Gasteiger partial charge on any atom is 0.251 e. The summed E-state index contributed by atoms with van der Waals surface area (Å²) in [4.78, 5) is 30.6. The minimum absolute atomic E-state index is 0.00761. The summed E-state index contributed by atoms with van der Waals surface area (Å²) in [7, 11) is 1.63. The number of morpholine rings is 1. The van der Waals surface area contributed by atoms with Gasteiger partial charge in [0.1, 0.15) is 5.65 Å². The fourth-order valence-corrected chi connectivity index (χ4v) is 4.34. The molecular weight excluding hydrogens is 404 g/mol. The van der Waals surface area contributed by atoms with Crippen molar-refractivity contribution >= 4 is 17.5 Å². The van der Waals surface area contributed by atoms with Gasteiger partial charge in [0.15, 0.2) is 0 Å². The second-order valence-electron chi connectivity index (χ2n) is 8.44. The molecule has 1 aliphatic rings. The zero-order valence-electron chi connectivity index (χ0n) is 19.1. The fraction of sp³-hybridized carbons (Fsp3) is 0.400. The monoisotopic (exact) mass is 434 g/mol. The summed E-state index contributed by atoms with van der Waals surface area (Å²) in [6, 6.07) is 9.89. The second kappa shape index (κ2) is 9.12. The molecule has 1 aliphatic heterocycles. The molecule has 0 saturated carbocycles. The van der Waals surface area contributed by atoms with E-state index in [9.17, 15) is 9.59 Å². The number of benzene rings is 1. The van der Waals surface area contributed by atoms with Crippen LogP contribution in [0.4, 0.5) is 0 Å². The Morgan fingerprint density at radius 1 is 1.22 bits per heavy atom. The van der Waals surface area contributed by atoms with Crippen LogP contribution in [0.15, 0.2) is 36.5 Å². The number of pyridine rings is 1. The molecule has 7 nitrogen and oxygen atoms in total. The molecule has 168 valence electrons. The minimum Gasteiger partial charge on any atom is -0.375 e. The van der Waals surface area contributed by atoms with Crippen molar-refractivity contribution < 1.29 is 14.3 Å². The van der Waals surface area contributed by atoms with Crippen molar-refractivity contribution in [3.05, 3.63) is 58.9 Å². The third-order valence-corrected chi connectivity index (χ3v) is 6.14. The molecule has 1 saturated heterocycles. The smallest absolute Gasteiger partial charge is 0.251 e. The van der Waals surface area contributed by atoms with Crippen molar-refractivity contribution in [3.63, 3.8) is 0 Å². The van der Waals surface area contributed by atoms with Crippen LogP contribution in [-0.2, 0) is 16.0 Å². The summed E-state index contributed by atoms with van der Waals surface area (Å²) in [5.41, 5.74) is 6.75. The largest absolute Gasteiger partial charge is 0.375 e. The third-order valence-electron chi connectivity index (χ3n) is 6.14. The average Bonchev–Trinajstić information content (AvgIpc) is 3.14. The first-order valence-corrected chi connectivity index (χ1v) is 11.0. The molecule has 0 spiro atoms. The van der Waals surface area contributed by atoms with E-state index in [1.807, 2.05) is 30.0 Å². The normalized spacial score (nSPS) is 16.4. The molecule has 32 heavy (non-hydrogen) atoms. The third kappa shape index (κ3) is 4.39. The Hall–Kier alpha value is -3.19. The molecule has 2 aromatic heterocycles. The van der Waals surface area contributed by atoms with Crippen molar-refractivity contribution in [2.45, 2.75) is 39.7 Å². The highest BCUT2D eigenvalue weighted by atomic mass is 16.5. The van der Waals surface area contributed by atoms with Gasteiger partial charge in [0.05, 0.1) is 24.1 Å². The van der Waals surface area contributed by atoms with Crippen LogP contribution < -0.4 is 5.32 Å². The lowest BCUT2D eigenvalue weighted by atomic mass is 9.99. The van der Waals surface area contributed by atoms with Gasteiger partial charge in [-0.15, -0.1) is 0 Å². The van der Waals surface area contributed by atoms with Crippen molar-refractivity contribution in [1.29, 1.82) is 0 Å². The van der Waals surface area contributed by atoms with Gasteiger partial charge in [-0.3, -0.25) is 9.59 Å². The first-order chi connectivity index (χ1) is 15.4. The van der Waals surface area contributed by atoms with Crippen molar-refractivity contribution in [2.75, 3.05) is 26.7 Å². The molecule has 0 bridgehead atoms. The summed E-state index contributed by atoms with van der Waals surface area (Å²) in [5.74, 6) is -0.00827. The van der Waals surface area contributed by atoms with Crippen LogP contribution in [0.1, 0.15) is 40.5 Å². The molecule has 1 fully saturated rings. The van der Waals surface area contributed by atoms with Crippen LogP contribution >= 0.6 is 0 Å². The number of nitrogens with zero attached hydrogens (tertiary/aromatic N) is 3. The zero-order valence-corrected chi connectivity index (χ0v) is 19.1. The number of imidazole rings is 1. The van der Waals surface area contributed by atoms with Gasteiger partial charge in [-0.25, -0.2) is 4.98 Å². The summed E-state index contributed by atoms with van der Waals surface area (Å²) in [6.07, 6.45) is 3.64. The summed E-state index contributed by atoms with van der Waals surface area (Å²) < 4.78 is 8.08. The number of aryl methyl sites for hydroxylation is 3. The number of rotatable bonds is 5. The maximum absolute atomic E-state index is 12.0. The van der Waals surface area contributed by atoms with Crippen LogP contribution in [0.25, 0.3) is 16.9 Å². The molecule has 0 aliphatic carbocycles. The van der Waals surface area contributed by atoms with Crippen LogP contribution in [0.3, 0.4) is 0 Å². The SMILES string of the molecule is CNC(=O)c1ccc(-c2nc3cc(C)ccn3c2CC[C@H]2CN(C(C)=O)CCO2)c(C)c1. The predicted octanol–water partition coefficient (Wildman–Crippen LogP) is 3.16. The molecule has 1 atom stereocenters. The van der Waals surface area contributed by atoms with Gasteiger partial charge in [0.2, 0.25) is 5.91 Å². The van der Waals surface area contributed by atoms with Gasteiger partial charge in [0, 0.05) is 44.4 Å². The van der Waals surface area contributed by atoms with Crippen LogP contribution in [0.2, 0.25) is 0 Å². The van der Waals surface area contributed by atoms with Crippen LogP contribution in [-0.4, -0.2) is 58.9 Å². The van der Waals surface area contributed by atoms with Gasteiger partial charge in [-0.2, -0.15) is 0 Å². The Morgan fingerprint density at radius 3 is 2.75 bits per heavy atom. The highest BCUT2D eigenvalue weighted by Crippen LogP contribution is 2.30. The standard InChI is InChI=1S/C25H30N4O3/c1-16-9-10-29-22(8-6-20-15-28(18(3)30)11-12-32-20)24(27-23(29)13-16)21-7-5-19(14-17(21)2)25(31)26-4/h5,7,9-10,13-14,20H,6,8,11-12,15H2,1-4H3,(H,26,31)/t20-/m0/s1. The number of aromatic nitrogens is 2. The van der Waals surface area contributed by atoms with E-state index < -0.39 is 0 Å². The minimum atomic E-state index is -0.102. The van der Waals surface area contributed by atoms with Crippen molar-refractivity contribution in [3.8, 4) is 11.3 Å². The summed E-state index contributed by atoms with van der Waals surface area (Å²) in [6.45, 7) is 7.53. The van der Waals surface area contributed by atoms with Gasteiger partial charge < -0.3 is 19.4 Å². The first-order valence-electron chi connectivity index (χ1n) is 11.0. The van der Waals surface area contributed by atoms with E-state index in [0.717, 1.165) is 46.6 Å². The quantitative estimate of drug-likeness (QED) is 0.669. The van der Waals surface area contributed by atoms with Crippen molar-refractivity contribution in [1.82, 2.24) is 19.6 Å². The molecule has 4 rings (SSSR count). The van der Waals surface area contributed by atoms with Crippen LogP contribution in [0.5, 0.6) is 0 Å². The number of amides is 2. The average molecular weight is 435 g/mol. The first kappa shape index (κ1) is 22.0. The zero-order chi connectivity index (χ0) is 22.8. The fourth-order valence-electron chi connectivity index (χ4n) is 4.34. The number of hydrogen-bond acceptors (Lipinski definition) is 4. The molecule has 0 radical (unpaired) electrons. The number of ether oxygens (including phenoxy) is 1. The van der Waals surface area contributed by atoms with E-state index in [0.29, 0.717) is 25.3 Å². The number of hydrogen-bond donors (Lipinski definition) is 1. The molecular formula is C25H30N4O3. The van der Waals surface area contributed by atoms with E-state index in [1.165, 1.54) is 0 Å². The highest BCUT2D eigenvalue weighted by molar-refractivity contribution is 5.95. The van der Waals surface area contributed by atoms with E-state index in [-0.39, 0.29) is 17.9 Å². The van der Waals surface area contributed by atoms with E-state index in [1.54, 1.807) is 14.0 Å². The number of carbonyl (C=O) groups excluding carboxylic acids is 2. The topological polar surface area (TPSA) is 75.9 Å². The Kier molecular flexibility index (Phi) is 6.28. The predicted molar refractivity (Wildman–Crippen MR) is 124 cm³/mol. The van der Waals surface area contributed by atoms with Crippen molar-refractivity contribution in [2.24, 2.45) is 0 Å². The molecule has 7 heteroatoms. The Bertz CT molecular complexity index is 1170. The van der Waals surface area contributed by atoms with Gasteiger partial charge in [-0.1, -0.05) is 6.07 Å². The van der Waals surface area contributed by atoms with E-state index in [2.05, 4.69) is 35.0 Å². The molecule has 3 heterocycles. The molecule has 2 amide bonds.